The molecule has 0 radical (unpaired) electrons. The fourth-order valence-corrected chi connectivity index (χ4v) is 5.27. The van der Waals surface area contributed by atoms with Gasteiger partial charge in [0.15, 0.2) is 11.7 Å². The number of piperazine rings is 1. The monoisotopic (exact) mass is 443 g/mol. The van der Waals surface area contributed by atoms with Gasteiger partial charge in [0.1, 0.15) is 0 Å². The lowest BCUT2D eigenvalue weighted by Gasteiger charge is -2.35. The number of rotatable bonds is 5. The second kappa shape index (κ2) is 7.72. The molecule has 0 unspecified atom stereocenters. The first kappa shape index (κ1) is 19.6. The van der Waals surface area contributed by atoms with Gasteiger partial charge < -0.3 is 9.32 Å². The van der Waals surface area contributed by atoms with Crippen molar-refractivity contribution < 1.29 is 12.8 Å². The predicted molar refractivity (Wildman–Crippen MR) is 116 cm³/mol. The van der Waals surface area contributed by atoms with Crippen LogP contribution in [-0.2, 0) is 10.0 Å². The van der Waals surface area contributed by atoms with Gasteiger partial charge >= 0.3 is 0 Å². The summed E-state index contributed by atoms with van der Waals surface area (Å²) in [5.74, 6) is 1.91. The minimum absolute atomic E-state index is 0.299. The van der Waals surface area contributed by atoms with Gasteiger partial charge in [-0.05, 0) is 61.4 Å². The zero-order valence-electron chi connectivity index (χ0n) is 16.4. The molecule has 6 nitrogen and oxygen atoms in total. The molecule has 1 aromatic heterocycles. The van der Waals surface area contributed by atoms with Crippen molar-refractivity contribution >= 4 is 27.3 Å². The lowest BCUT2D eigenvalue weighted by molar-refractivity contribution is 0.385. The van der Waals surface area contributed by atoms with E-state index in [-0.39, 0.29) is 0 Å². The molecule has 156 valence electrons. The quantitative estimate of drug-likeness (QED) is 0.585. The number of oxazole rings is 1. The van der Waals surface area contributed by atoms with Crippen LogP contribution in [0.2, 0.25) is 5.02 Å². The largest absolute Gasteiger partial charge is 0.440 e. The molecule has 0 N–H and O–H groups in total. The Hall–Kier alpha value is -2.35. The van der Waals surface area contributed by atoms with Crippen molar-refractivity contribution in [2.45, 2.75) is 23.7 Å². The summed E-state index contributed by atoms with van der Waals surface area (Å²) in [6.07, 6.45) is 3.97. The van der Waals surface area contributed by atoms with Crippen LogP contribution in [0.1, 0.15) is 24.7 Å². The summed E-state index contributed by atoms with van der Waals surface area (Å²) < 4.78 is 33.5. The van der Waals surface area contributed by atoms with Crippen molar-refractivity contribution in [3.05, 3.63) is 65.6 Å². The molecule has 2 heterocycles. The van der Waals surface area contributed by atoms with E-state index in [1.807, 2.05) is 24.3 Å². The molecular formula is C22H22ClN3O3S. The van der Waals surface area contributed by atoms with Crippen molar-refractivity contribution in [3.8, 4) is 11.3 Å². The number of sulfonamides is 1. The first-order valence-corrected chi connectivity index (χ1v) is 11.9. The van der Waals surface area contributed by atoms with Gasteiger partial charge in [0.05, 0.1) is 11.1 Å². The van der Waals surface area contributed by atoms with Crippen LogP contribution in [0, 0.1) is 0 Å². The molecule has 0 spiro atoms. The second-order valence-corrected chi connectivity index (χ2v) is 10.1. The molecule has 2 fully saturated rings. The smallest absolute Gasteiger partial charge is 0.243 e. The number of benzene rings is 2. The van der Waals surface area contributed by atoms with Gasteiger partial charge in [-0.2, -0.15) is 4.31 Å². The van der Waals surface area contributed by atoms with Gasteiger partial charge in [-0.15, -0.1) is 0 Å². The van der Waals surface area contributed by atoms with Crippen molar-refractivity contribution in [1.82, 2.24) is 9.29 Å². The summed E-state index contributed by atoms with van der Waals surface area (Å²) in [7, 11) is -3.53. The van der Waals surface area contributed by atoms with Gasteiger partial charge in [0, 0.05) is 48.4 Å². The molecule has 2 aliphatic rings. The van der Waals surface area contributed by atoms with Gasteiger partial charge in [0.2, 0.25) is 10.0 Å². The Kier molecular flexibility index (Phi) is 5.05. The number of anilines is 1. The molecule has 2 aromatic carbocycles. The summed E-state index contributed by atoms with van der Waals surface area (Å²) >= 11 is 5.95. The molecule has 8 heteroatoms. The van der Waals surface area contributed by atoms with Crippen molar-refractivity contribution in [1.29, 1.82) is 0 Å². The number of aromatic nitrogens is 1. The molecule has 5 rings (SSSR count). The third kappa shape index (κ3) is 3.85. The number of halogens is 1. The lowest BCUT2D eigenvalue weighted by Crippen LogP contribution is -2.48. The Bertz CT molecular complexity index is 1130. The van der Waals surface area contributed by atoms with E-state index in [1.54, 1.807) is 34.8 Å². The Labute approximate surface area is 181 Å². The maximum Gasteiger partial charge on any atom is 0.243 e. The zero-order chi connectivity index (χ0) is 20.7. The SMILES string of the molecule is O=S(=O)(c1ccc(-c2cnc(C3CC3)o2)cc1)N1CCN(c2ccc(Cl)cc2)CC1. The molecule has 0 bridgehead atoms. The van der Waals surface area contributed by atoms with E-state index < -0.39 is 10.0 Å². The summed E-state index contributed by atoms with van der Waals surface area (Å²) in [5.41, 5.74) is 1.89. The summed E-state index contributed by atoms with van der Waals surface area (Å²) in [6.45, 7) is 2.17. The van der Waals surface area contributed by atoms with Crippen LogP contribution >= 0.6 is 11.6 Å². The molecule has 1 saturated heterocycles. The Morgan fingerprint density at radius 2 is 1.60 bits per heavy atom. The highest BCUT2D eigenvalue weighted by atomic mass is 35.5. The first-order chi connectivity index (χ1) is 14.5. The van der Waals surface area contributed by atoms with Crippen LogP contribution in [0.4, 0.5) is 5.69 Å². The first-order valence-electron chi connectivity index (χ1n) is 10.1. The van der Waals surface area contributed by atoms with Crippen LogP contribution in [0.15, 0.2) is 64.0 Å². The fourth-order valence-electron chi connectivity index (χ4n) is 3.72. The Morgan fingerprint density at radius 3 is 2.23 bits per heavy atom. The van der Waals surface area contributed by atoms with Crippen molar-refractivity contribution in [2.24, 2.45) is 0 Å². The molecule has 1 aliphatic heterocycles. The van der Waals surface area contributed by atoms with Gasteiger partial charge in [-0.1, -0.05) is 11.6 Å². The molecule has 1 aliphatic carbocycles. The minimum Gasteiger partial charge on any atom is -0.440 e. The Morgan fingerprint density at radius 1 is 0.933 bits per heavy atom. The maximum atomic E-state index is 13.1. The number of nitrogens with zero attached hydrogens (tertiary/aromatic N) is 3. The van der Waals surface area contributed by atoms with Gasteiger partial charge in [0.25, 0.3) is 0 Å². The number of hydrogen-bond acceptors (Lipinski definition) is 5. The normalized spacial score (nSPS) is 18.0. The molecule has 30 heavy (non-hydrogen) atoms. The third-order valence-corrected chi connectivity index (χ3v) is 7.82. The van der Waals surface area contributed by atoms with E-state index in [4.69, 9.17) is 16.0 Å². The maximum absolute atomic E-state index is 13.1. The van der Waals surface area contributed by atoms with E-state index in [9.17, 15) is 8.42 Å². The van der Waals surface area contributed by atoms with Crippen LogP contribution in [-0.4, -0.2) is 43.9 Å². The van der Waals surface area contributed by atoms with Crippen LogP contribution < -0.4 is 4.90 Å². The Balaban J connectivity index is 1.27. The molecule has 3 aromatic rings. The van der Waals surface area contributed by atoms with Gasteiger partial charge in [-0.25, -0.2) is 13.4 Å². The summed E-state index contributed by atoms with van der Waals surface area (Å²) in [4.78, 5) is 6.80. The molecule has 1 saturated carbocycles. The average molecular weight is 444 g/mol. The third-order valence-electron chi connectivity index (χ3n) is 5.66. The van der Waals surface area contributed by atoms with E-state index in [0.717, 1.165) is 30.0 Å². The van der Waals surface area contributed by atoms with E-state index >= 15 is 0 Å². The summed E-state index contributed by atoms with van der Waals surface area (Å²) in [5, 5.41) is 0.692. The average Bonchev–Trinajstić information content (AvgIpc) is 3.51. The molecular weight excluding hydrogens is 422 g/mol. The van der Waals surface area contributed by atoms with E-state index in [0.29, 0.717) is 47.8 Å². The minimum atomic E-state index is -3.53. The van der Waals surface area contributed by atoms with Gasteiger partial charge in [-0.3, -0.25) is 0 Å². The fraction of sp³-hybridized carbons (Fsp3) is 0.318. The van der Waals surface area contributed by atoms with Crippen LogP contribution in [0.5, 0.6) is 0 Å². The zero-order valence-corrected chi connectivity index (χ0v) is 17.9. The highest BCUT2D eigenvalue weighted by Gasteiger charge is 2.30. The van der Waals surface area contributed by atoms with Crippen molar-refractivity contribution in [2.75, 3.05) is 31.1 Å². The van der Waals surface area contributed by atoms with E-state index in [1.165, 1.54) is 0 Å². The summed E-state index contributed by atoms with van der Waals surface area (Å²) in [6, 6.07) is 14.5. The molecule has 0 atom stereocenters. The van der Waals surface area contributed by atoms with E-state index in [2.05, 4.69) is 9.88 Å². The number of hydrogen-bond donors (Lipinski definition) is 0. The highest BCUT2D eigenvalue weighted by Crippen LogP contribution is 2.40. The van der Waals surface area contributed by atoms with Crippen molar-refractivity contribution in [3.63, 3.8) is 0 Å². The van der Waals surface area contributed by atoms with Crippen LogP contribution in [0.25, 0.3) is 11.3 Å². The molecule has 0 amide bonds. The highest BCUT2D eigenvalue weighted by molar-refractivity contribution is 7.89. The predicted octanol–water partition coefficient (Wildman–Crippen LogP) is 4.38. The van der Waals surface area contributed by atoms with Crippen LogP contribution in [0.3, 0.4) is 0 Å². The standard InChI is InChI=1S/C22H22ClN3O3S/c23-18-5-7-19(8-6-18)25-11-13-26(14-12-25)30(27,28)20-9-3-16(4-10-20)21-15-24-22(29-21)17-1-2-17/h3-10,15,17H,1-2,11-14H2. The lowest BCUT2D eigenvalue weighted by atomic mass is 10.2. The second-order valence-electron chi connectivity index (χ2n) is 7.73. The topological polar surface area (TPSA) is 66.7 Å².